The fraction of sp³-hybridized carbons (Fsp3) is 0.625. The van der Waals surface area contributed by atoms with Crippen molar-refractivity contribution >= 4 is 0 Å². The molecule has 0 radical (unpaired) electrons. The van der Waals surface area contributed by atoms with E-state index in [1.165, 1.54) is 30.4 Å². The average molecular weight is 222 g/mol. The smallest absolute Gasteiger partial charge is 0.0279 e. The first-order valence-electron chi connectivity index (χ1n) is 6.94. The fourth-order valence-electron chi connectivity index (χ4n) is 1.32. The van der Waals surface area contributed by atoms with Crippen LogP contribution in [0.15, 0.2) is 24.3 Å². The molecule has 0 spiro atoms. The third-order valence-corrected chi connectivity index (χ3v) is 2.25. The van der Waals surface area contributed by atoms with Gasteiger partial charge in [-0.25, -0.2) is 0 Å². The van der Waals surface area contributed by atoms with Crippen LogP contribution in [0.2, 0.25) is 0 Å². The molecule has 0 saturated heterocycles. The van der Waals surface area contributed by atoms with Crippen molar-refractivity contribution in [1.82, 2.24) is 0 Å². The van der Waals surface area contributed by atoms with Gasteiger partial charge in [0.1, 0.15) is 0 Å². The lowest BCUT2D eigenvalue weighted by molar-refractivity contribution is 0.794. The molecular weight excluding hydrogens is 192 g/mol. The summed E-state index contributed by atoms with van der Waals surface area (Å²) < 4.78 is 0. The maximum Gasteiger partial charge on any atom is -0.0279 e. The van der Waals surface area contributed by atoms with E-state index in [-0.39, 0.29) is 0 Å². The van der Waals surface area contributed by atoms with Gasteiger partial charge in [0.05, 0.1) is 0 Å². The maximum atomic E-state index is 2.26. The molecule has 0 bridgehead atoms. The minimum absolute atomic E-state index is 1.15. The SMILES string of the molecule is CC.CC.CCCCc1ccc(CC)cc1. The van der Waals surface area contributed by atoms with Crippen LogP contribution < -0.4 is 0 Å². The number of benzene rings is 1. The molecule has 94 valence electrons. The summed E-state index contributed by atoms with van der Waals surface area (Å²) in [7, 11) is 0. The zero-order valence-electron chi connectivity index (χ0n) is 12.1. The third-order valence-electron chi connectivity index (χ3n) is 2.25. The summed E-state index contributed by atoms with van der Waals surface area (Å²) >= 11 is 0. The van der Waals surface area contributed by atoms with E-state index in [1.807, 2.05) is 27.7 Å². The lowest BCUT2D eigenvalue weighted by Crippen LogP contribution is -1.85. The van der Waals surface area contributed by atoms with E-state index in [4.69, 9.17) is 0 Å². The topological polar surface area (TPSA) is 0 Å². The molecule has 1 rings (SSSR count). The van der Waals surface area contributed by atoms with Crippen LogP contribution in [-0.2, 0) is 12.8 Å². The Labute approximate surface area is 103 Å². The molecule has 0 amide bonds. The molecule has 1 aromatic rings. The van der Waals surface area contributed by atoms with Gasteiger partial charge in [0, 0.05) is 0 Å². The summed E-state index contributed by atoms with van der Waals surface area (Å²) in [5, 5.41) is 0. The number of rotatable bonds is 4. The Hall–Kier alpha value is -0.780. The highest BCUT2D eigenvalue weighted by Crippen LogP contribution is 2.07. The predicted octanol–water partition coefficient (Wildman–Crippen LogP) is 5.64. The Kier molecular flexibility index (Phi) is 15.7. The fourth-order valence-corrected chi connectivity index (χ4v) is 1.32. The standard InChI is InChI=1S/C12H18.2C2H6/c1-3-5-6-12-9-7-11(4-2)8-10-12;2*1-2/h7-10H,3-6H2,1-2H3;2*1-2H3. The molecule has 0 heteroatoms. The summed E-state index contributed by atoms with van der Waals surface area (Å²) in [5.74, 6) is 0. The summed E-state index contributed by atoms with van der Waals surface area (Å²) in [4.78, 5) is 0. The second-order valence-electron chi connectivity index (χ2n) is 3.27. The van der Waals surface area contributed by atoms with Crippen molar-refractivity contribution in [2.45, 2.75) is 67.2 Å². The van der Waals surface area contributed by atoms with Gasteiger partial charge in [-0.2, -0.15) is 0 Å². The van der Waals surface area contributed by atoms with Crippen LogP contribution in [0.25, 0.3) is 0 Å². The van der Waals surface area contributed by atoms with Gasteiger partial charge < -0.3 is 0 Å². The minimum Gasteiger partial charge on any atom is -0.0683 e. The normalized spacial score (nSPS) is 8.38. The summed E-state index contributed by atoms with van der Waals surface area (Å²) in [5.41, 5.74) is 2.92. The third kappa shape index (κ3) is 8.52. The van der Waals surface area contributed by atoms with Gasteiger partial charge in [0.15, 0.2) is 0 Å². The van der Waals surface area contributed by atoms with Gasteiger partial charge in [-0.3, -0.25) is 0 Å². The first-order valence-corrected chi connectivity index (χ1v) is 6.94. The number of unbranched alkanes of at least 4 members (excludes halogenated alkanes) is 1. The van der Waals surface area contributed by atoms with Crippen LogP contribution in [0.5, 0.6) is 0 Å². The first-order chi connectivity index (χ1) is 7.86. The zero-order valence-corrected chi connectivity index (χ0v) is 12.1. The molecule has 0 aromatic heterocycles. The van der Waals surface area contributed by atoms with Crippen molar-refractivity contribution in [2.75, 3.05) is 0 Å². The molecule has 0 fully saturated rings. The van der Waals surface area contributed by atoms with E-state index in [9.17, 15) is 0 Å². The average Bonchev–Trinajstić information content (AvgIpc) is 2.41. The largest absolute Gasteiger partial charge is 0.0683 e. The van der Waals surface area contributed by atoms with Gasteiger partial charge in [0.2, 0.25) is 0 Å². The summed E-state index contributed by atoms with van der Waals surface area (Å²) in [6.45, 7) is 12.4. The maximum absolute atomic E-state index is 2.26. The lowest BCUT2D eigenvalue weighted by Gasteiger charge is -2.00. The van der Waals surface area contributed by atoms with Crippen LogP contribution in [0.4, 0.5) is 0 Å². The van der Waals surface area contributed by atoms with Gasteiger partial charge in [-0.15, -0.1) is 0 Å². The predicted molar refractivity (Wildman–Crippen MR) is 77.1 cm³/mol. The molecule has 0 aliphatic carbocycles. The van der Waals surface area contributed by atoms with Crippen LogP contribution in [0.1, 0.15) is 65.5 Å². The van der Waals surface area contributed by atoms with E-state index < -0.39 is 0 Å². The van der Waals surface area contributed by atoms with Crippen molar-refractivity contribution in [3.8, 4) is 0 Å². The van der Waals surface area contributed by atoms with E-state index in [2.05, 4.69) is 38.1 Å². The Morgan fingerprint density at radius 3 is 1.56 bits per heavy atom. The van der Waals surface area contributed by atoms with Crippen LogP contribution in [-0.4, -0.2) is 0 Å². The Morgan fingerprint density at radius 2 is 1.19 bits per heavy atom. The van der Waals surface area contributed by atoms with Gasteiger partial charge in [0.25, 0.3) is 0 Å². The van der Waals surface area contributed by atoms with Crippen LogP contribution in [0, 0.1) is 0 Å². The molecule has 0 atom stereocenters. The van der Waals surface area contributed by atoms with E-state index in [0.717, 1.165) is 6.42 Å². The van der Waals surface area contributed by atoms with E-state index >= 15 is 0 Å². The first kappa shape index (κ1) is 17.6. The number of aryl methyl sites for hydroxylation is 2. The highest BCUT2D eigenvalue weighted by atomic mass is 14.0. The molecule has 0 nitrogen and oxygen atoms in total. The molecule has 0 unspecified atom stereocenters. The molecule has 0 N–H and O–H groups in total. The summed E-state index contributed by atoms with van der Waals surface area (Å²) in [6, 6.07) is 9.00. The van der Waals surface area contributed by atoms with Crippen molar-refractivity contribution < 1.29 is 0 Å². The second-order valence-corrected chi connectivity index (χ2v) is 3.27. The van der Waals surface area contributed by atoms with Gasteiger partial charge in [-0.05, 0) is 30.4 Å². The van der Waals surface area contributed by atoms with Crippen LogP contribution in [0.3, 0.4) is 0 Å². The quantitative estimate of drug-likeness (QED) is 0.618. The molecule has 16 heavy (non-hydrogen) atoms. The molecule has 0 aliphatic heterocycles. The lowest BCUT2D eigenvalue weighted by atomic mass is 10.1. The van der Waals surface area contributed by atoms with Gasteiger partial charge >= 0.3 is 0 Å². The minimum atomic E-state index is 1.15. The van der Waals surface area contributed by atoms with Crippen molar-refractivity contribution in [3.05, 3.63) is 35.4 Å². The molecule has 1 aromatic carbocycles. The van der Waals surface area contributed by atoms with Crippen molar-refractivity contribution in [3.63, 3.8) is 0 Å². The Morgan fingerprint density at radius 1 is 0.750 bits per heavy atom. The number of hydrogen-bond acceptors (Lipinski definition) is 0. The second kappa shape index (κ2) is 14.2. The Bertz CT molecular complexity index is 208. The highest BCUT2D eigenvalue weighted by molar-refractivity contribution is 5.22. The van der Waals surface area contributed by atoms with Gasteiger partial charge in [-0.1, -0.05) is 72.2 Å². The molecular formula is C16H30. The van der Waals surface area contributed by atoms with Crippen molar-refractivity contribution in [2.24, 2.45) is 0 Å². The molecule has 0 saturated carbocycles. The van der Waals surface area contributed by atoms with E-state index in [1.54, 1.807) is 0 Å². The van der Waals surface area contributed by atoms with Crippen LogP contribution >= 0.6 is 0 Å². The highest BCUT2D eigenvalue weighted by Gasteiger charge is 1.92. The van der Waals surface area contributed by atoms with E-state index in [0.29, 0.717) is 0 Å². The molecule has 0 aliphatic rings. The monoisotopic (exact) mass is 222 g/mol. The van der Waals surface area contributed by atoms with Crippen molar-refractivity contribution in [1.29, 1.82) is 0 Å². The molecule has 0 heterocycles. The Balaban J connectivity index is 0. The zero-order chi connectivity index (χ0) is 12.8. The number of hydrogen-bond donors (Lipinski definition) is 0. The summed E-state index contributed by atoms with van der Waals surface area (Å²) in [6.07, 6.45) is 4.98.